The van der Waals surface area contributed by atoms with Crippen LogP contribution >= 0.6 is 0 Å². The molecule has 0 nitrogen and oxygen atoms in total. The van der Waals surface area contributed by atoms with Gasteiger partial charge in [-0.25, -0.2) is 0 Å². The average molecular weight is 274 g/mol. The molecule has 3 heteroatoms. The van der Waals surface area contributed by atoms with Gasteiger partial charge in [0.15, 0.2) is 0 Å². The molecule has 0 atom stereocenters. The van der Waals surface area contributed by atoms with E-state index in [1.807, 2.05) is 60.7 Å². The first-order chi connectivity index (χ1) is 8.20. The van der Waals surface area contributed by atoms with Gasteiger partial charge in [0.25, 0.3) is 0 Å². The summed E-state index contributed by atoms with van der Waals surface area (Å²) in [6, 6.07) is 19.2. The quantitative estimate of drug-likeness (QED) is 0.530. The molecular formula is C14H15AlS2. The molecule has 0 aromatic heterocycles. The maximum atomic E-state index is 4.81. The van der Waals surface area contributed by atoms with E-state index in [2.05, 4.69) is 23.2 Å². The van der Waals surface area contributed by atoms with Crippen molar-refractivity contribution in [1.82, 2.24) is 0 Å². The van der Waals surface area contributed by atoms with E-state index in [0.717, 1.165) is 9.79 Å². The third kappa shape index (κ3) is 11.7. The van der Waals surface area contributed by atoms with E-state index in [1.165, 1.54) is 5.28 Å². The summed E-state index contributed by atoms with van der Waals surface area (Å²) in [5, 5.41) is 1.17. The Morgan fingerprint density at radius 2 is 1.00 bits per heavy atom. The summed E-state index contributed by atoms with van der Waals surface area (Å²) in [4.78, 5) is 1.81. The molecule has 0 aliphatic heterocycles. The Kier molecular flexibility index (Phi) is 11.5. The van der Waals surface area contributed by atoms with E-state index in [9.17, 15) is 0 Å². The fraction of sp³-hybridized carbons (Fsp3) is 0.143. The molecular weight excluding hydrogens is 259 g/mol. The molecule has 17 heavy (non-hydrogen) atoms. The minimum Gasteiger partial charge on any atom is -0.780 e. The van der Waals surface area contributed by atoms with Gasteiger partial charge in [-0.2, -0.15) is 9.79 Å². The van der Waals surface area contributed by atoms with Crippen molar-refractivity contribution in [2.24, 2.45) is 0 Å². The molecule has 0 saturated heterocycles. The Morgan fingerprint density at radius 3 is 1.12 bits per heavy atom. The molecule has 0 aliphatic rings. The van der Waals surface area contributed by atoms with Crippen LogP contribution in [0.15, 0.2) is 70.5 Å². The van der Waals surface area contributed by atoms with Crippen molar-refractivity contribution < 1.29 is 0 Å². The summed E-state index contributed by atoms with van der Waals surface area (Å²) in [5.74, 6) is 0. The molecule has 2 aromatic rings. The molecule has 2 aromatic carbocycles. The molecule has 0 radical (unpaired) electrons. The van der Waals surface area contributed by atoms with Crippen LogP contribution in [0, 0.1) is 0 Å². The van der Waals surface area contributed by atoms with E-state index in [4.69, 9.17) is 25.3 Å². The molecule has 0 amide bonds. The van der Waals surface area contributed by atoms with Gasteiger partial charge in [0.05, 0.1) is 0 Å². The van der Waals surface area contributed by atoms with Crippen molar-refractivity contribution in [2.45, 2.75) is 22.0 Å². The molecule has 0 bridgehead atoms. The van der Waals surface area contributed by atoms with Crippen LogP contribution in [0.25, 0.3) is 0 Å². The second kappa shape index (κ2) is 11.9. The molecule has 0 N–H and O–H groups in total. The van der Waals surface area contributed by atoms with Gasteiger partial charge in [0.2, 0.25) is 0 Å². The van der Waals surface area contributed by atoms with Crippen LogP contribution in [-0.2, 0) is 25.3 Å². The molecule has 0 fully saturated rings. The zero-order chi connectivity index (χ0) is 12.9. The standard InChI is InChI=1S/2C6H6S.C2H5.Al/c2*7-6-4-2-1-3-5-6;1-2;/h2*1-5,7H;1H2,2H3;/q;;;+2/p-2. The first-order valence-corrected chi connectivity index (χ1v) is 6.98. The van der Waals surface area contributed by atoms with E-state index in [-0.39, 0.29) is 0 Å². The largest absolute Gasteiger partial charge is 0.780 e. The third-order valence-electron chi connectivity index (χ3n) is 1.49. The fourth-order valence-corrected chi connectivity index (χ4v) is 1.16. The summed E-state index contributed by atoms with van der Waals surface area (Å²) < 4.78 is 0. The Bertz CT molecular complexity index is 325. The van der Waals surface area contributed by atoms with Crippen molar-refractivity contribution in [3.8, 4) is 0 Å². The minimum absolute atomic E-state index is 0.905. The number of hydrogen-bond donors (Lipinski definition) is 0. The van der Waals surface area contributed by atoms with Crippen molar-refractivity contribution in [3.05, 3.63) is 60.7 Å². The number of hydrogen-bond acceptors (Lipinski definition) is 2. The van der Waals surface area contributed by atoms with Crippen molar-refractivity contribution in [1.29, 1.82) is 0 Å². The van der Waals surface area contributed by atoms with Crippen LogP contribution in [0.5, 0.6) is 0 Å². The van der Waals surface area contributed by atoms with Crippen LogP contribution in [0.3, 0.4) is 0 Å². The number of rotatable bonds is 0. The normalized spacial score (nSPS) is 8.18. The van der Waals surface area contributed by atoms with Gasteiger partial charge in [-0.15, -0.1) is 0 Å². The van der Waals surface area contributed by atoms with E-state index < -0.39 is 0 Å². The van der Waals surface area contributed by atoms with Gasteiger partial charge in [0.1, 0.15) is 0 Å². The van der Waals surface area contributed by atoms with Crippen LogP contribution in [0.1, 0.15) is 6.92 Å². The van der Waals surface area contributed by atoms with Gasteiger partial charge < -0.3 is 25.3 Å². The maximum absolute atomic E-state index is 4.81. The fourth-order valence-electron chi connectivity index (χ4n) is 0.841. The first kappa shape index (κ1) is 16.4. The third-order valence-corrected chi connectivity index (χ3v) is 2.03. The predicted molar refractivity (Wildman–Crippen MR) is 80.4 cm³/mol. The van der Waals surface area contributed by atoms with Crippen LogP contribution in [0.2, 0.25) is 5.28 Å². The Hall–Kier alpha value is -0.588. The van der Waals surface area contributed by atoms with Gasteiger partial charge >= 0.3 is 28.5 Å². The predicted octanol–water partition coefficient (Wildman–Crippen LogP) is 3.78. The Morgan fingerprint density at radius 1 is 0.765 bits per heavy atom. The molecule has 0 saturated carbocycles. The smallest absolute Gasteiger partial charge is 0.0624 e. The summed E-state index contributed by atoms with van der Waals surface area (Å²) in [6.07, 6.45) is 0. The van der Waals surface area contributed by atoms with Gasteiger partial charge in [0, 0.05) is 0 Å². The van der Waals surface area contributed by atoms with Gasteiger partial charge in [-0.3, -0.25) is 0 Å². The molecule has 0 unspecified atom stereocenters. The van der Waals surface area contributed by atoms with Crippen molar-refractivity contribution in [3.63, 3.8) is 0 Å². The summed E-state index contributed by atoms with van der Waals surface area (Å²) in [7, 11) is 0. The Balaban J connectivity index is 0.000000247. The molecule has 0 aliphatic carbocycles. The van der Waals surface area contributed by atoms with Gasteiger partial charge in [-0.05, 0) is 0 Å². The second-order valence-corrected chi connectivity index (χ2v) is 4.79. The van der Waals surface area contributed by atoms with Crippen LogP contribution < -0.4 is 0 Å². The van der Waals surface area contributed by atoms with E-state index in [0.29, 0.717) is 0 Å². The Labute approximate surface area is 124 Å². The minimum atomic E-state index is 0.905. The van der Waals surface area contributed by atoms with Crippen molar-refractivity contribution >= 4 is 41.5 Å². The van der Waals surface area contributed by atoms with Crippen LogP contribution in [0.4, 0.5) is 0 Å². The maximum Gasteiger partial charge on any atom is -0.0624 e. The second-order valence-electron chi connectivity index (χ2n) is 3.03. The molecule has 2 rings (SSSR count). The monoisotopic (exact) mass is 274 g/mol. The zero-order valence-corrected chi connectivity index (χ0v) is 12.7. The summed E-state index contributed by atoms with van der Waals surface area (Å²) >= 11 is 12.2. The molecule has 0 heterocycles. The number of benzene rings is 2. The van der Waals surface area contributed by atoms with Crippen LogP contribution in [-0.4, -0.2) is 16.3 Å². The zero-order valence-electron chi connectivity index (χ0n) is 9.87. The average Bonchev–Trinajstić information content (AvgIpc) is 2.33. The molecule has 86 valence electrons. The summed E-state index contributed by atoms with van der Waals surface area (Å²) in [6.45, 7) is 2.09. The van der Waals surface area contributed by atoms with Crippen molar-refractivity contribution in [2.75, 3.05) is 0 Å². The molecule has 0 spiro atoms. The first-order valence-electron chi connectivity index (χ1n) is 5.34. The van der Waals surface area contributed by atoms with E-state index in [1.54, 1.807) is 0 Å². The SMILES string of the molecule is C[CH2][Al+2].[S-]c1ccccc1.[S-]c1ccccc1. The topological polar surface area (TPSA) is 0 Å². The van der Waals surface area contributed by atoms with E-state index >= 15 is 0 Å². The summed E-state index contributed by atoms with van der Waals surface area (Å²) in [5.41, 5.74) is 0. The van der Waals surface area contributed by atoms with Gasteiger partial charge in [-0.1, -0.05) is 60.7 Å².